The third kappa shape index (κ3) is 10.0. The molecule has 0 spiro atoms. The van der Waals surface area contributed by atoms with Crippen molar-refractivity contribution in [2.75, 3.05) is 52.9 Å². The zero-order chi connectivity index (χ0) is 22.7. The van der Waals surface area contributed by atoms with Gasteiger partial charge < -0.3 is 25.6 Å². The number of hydrogen-bond donors (Lipinski definition) is 3. The Bertz CT molecular complexity index is 691. The van der Waals surface area contributed by atoms with E-state index in [-0.39, 0.29) is 0 Å². The molecule has 1 aromatic rings. The van der Waals surface area contributed by atoms with Crippen molar-refractivity contribution in [3.05, 3.63) is 35.4 Å². The summed E-state index contributed by atoms with van der Waals surface area (Å²) in [6.07, 6.45) is -0.412. The monoisotopic (exact) mass is 432 g/mol. The summed E-state index contributed by atoms with van der Waals surface area (Å²) in [6.45, 7) is 16.2. The van der Waals surface area contributed by atoms with Gasteiger partial charge in [-0.1, -0.05) is 31.2 Å². The van der Waals surface area contributed by atoms with E-state index < -0.39 is 11.7 Å². The van der Waals surface area contributed by atoms with E-state index in [9.17, 15) is 4.79 Å². The van der Waals surface area contributed by atoms with Crippen molar-refractivity contribution in [2.24, 2.45) is 4.99 Å². The number of piperazine rings is 1. The van der Waals surface area contributed by atoms with Gasteiger partial charge >= 0.3 is 6.09 Å². The molecule has 1 aliphatic heterocycles. The third-order valence-electron chi connectivity index (χ3n) is 5.11. The Kier molecular flexibility index (Phi) is 10.1. The number of alkyl carbamates (subject to hydrolysis) is 1. The van der Waals surface area contributed by atoms with Crippen LogP contribution < -0.4 is 16.0 Å². The zero-order valence-corrected chi connectivity index (χ0v) is 19.8. The van der Waals surface area contributed by atoms with Gasteiger partial charge in [-0.2, -0.15) is 0 Å². The number of benzene rings is 1. The van der Waals surface area contributed by atoms with Crippen molar-refractivity contribution in [3.63, 3.8) is 0 Å². The fraction of sp³-hybridized carbons (Fsp3) is 0.652. The quantitative estimate of drug-likeness (QED) is 0.331. The van der Waals surface area contributed by atoms with Crippen molar-refractivity contribution in [1.29, 1.82) is 0 Å². The first-order valence-electron chi connectivity index (χ1n) is 11.2. The molecule has 1 fully saturated rings. The Morgan fingerprint density at radius 2 is 1.55 bits per heavy atom. The van der Waals surface area contributed by atoms with Crippen LogP contribution in [-0.2, 0) is 17.8 Å². The average molecular weight is 433 g/mol. The molecule has 31 heavy (non-hydrogen) atoms. The molecule has 1 amide bonds. The van der Waals surface area contributed by atoms with Gasteiger partial charge in [0.2, 0.25) is 0 Å². The van der Waals surface area contributed by atoms with E-state index in [0.717, 1.165) is 39.3 Å². The molecule has 0 aromatic heterocycles. The normalized spacial score (nSPS) is 16.1. The average Bonchev–Trinajstić information content (AvgIpc) is 2.73. The van der Waals surface area contributed by atoms with Crippen LogP contribution in [-0.4, -0.2) is 80.3 Å². The summed E-state index contributed by atoms with van der Waals surface area (Å²) in [5.41, 5.74) is 2.06. The van der Waals surface area contributed by atoms with Crippen LogP contribution >= 0.6 is 0 Å². The van der Waals surface area contributed by atoms with Crippen LogP contribution in [0.1, 0.15) is 38.8 Å². The number of ether oxygens (including phenoxy) is 1. The molecule has 0 bridgehead atoms. The lowest BCUT2D eigenvalue weighted by Gasteiger charge is -2.34. The number of nitrogens with one attached hydrogen (secondary N) is 3. The molecular formula is C23H40N6O2. The summed E-state index contributed by atoms with van der Waals surface area (Å²) in [5, 5.41) is 9.22. The van der Waals surface area contributed by atoms with E-state index in [2.05, 4.69) is 61.9 Å². The van der Waals surface area contributed by atoms with E-state index in [1.54, 1.807) is 7.05 Å². The van der Waals surface area contributed by atoms with Crippen LogP contribution in [0.25, 0.3) is 0 Å². The largest absolute Gasteiger partial charge is 0.444 e. The van der Waals surface area contributed by atoms with Crippen LogP contribution in [0.4, 0.5) is 4.79 Å². The Hall–Kier alpha value is -2.32. The van der Waals surface area contributed by atoms with Gasteiger partial charge in [-0.25, -0.2) is 4.79 Å². The van der Waals surface area contributed by atoms with Crippen LogP contribution in [0.15, 0.2) is 29.3 Å². The lowest BCUT2D eigenvalue weighted by molar-refractivity contribution is 0.0529. The Morgan fingerprint density at radius 1 is 0.968 bits per heavy atom. The van der Waals surface area contributed by atoms with Gasteiger partial charge in [0.15, 0.2) is 5.96 Å². The molecule has 1 aromatic carbocycles. The van der Waals surface area contributed by atoms with Crippen LogP contribution in [0.3, 0.4) is 0 Å². The van der Waals surface area contributed by atoms with Crippen LogP contribution in [0.5, 0.6) is 0 Å². The maximum absolute atomic E-state index is 11.7. The van der Waals surface area contributed by atoms with Crippen LogP contribution in [0, 0.1) is 0 Å². The van der Waals surface area contributed by atoms with Crippen molar-refractivity contribution < 1.29 is 9.53 Å². The number of carbonyl (C=O) groups is 1. The molecule has 0 radical (unpaired) electrons. The Balaban J connectivity index is 1.66. The molecular weight excluding hydrogens is 392 g/mol. The Labute approximate surface area is 187 Å². The van der Waals surface area contributed by atoms with E-state index in [4.69, 9.17) is 4.74 Å². The van der Waals surface area contributed by atoms with E-state index in [0.29, 0.717) is 25.6 Å². The maximum atomic E-state index is 11.7. The molecule has 0 saturated carbocycles. The second-order valence-corrected chi connectivity index (χ2v) is 8.81. The van der Waals surface area contributed by atoms with Gasteiger partial charge in [-0.15, -0.1) is 0 Å². The number of nitrogens with zero attached hydrogens (tertiary/aromatic N) is 3. The van der Waals surface area contributed by atoms with Crippen molar-refractivity contribution in [3.8, 4) is 0 Å². The Morgan fingerprint density at radius 3 is 2.13 bits per heavy atom. The van der Waals surface area contributed by atoms with Gasteiger partial charge in [0.1, 0.15) is 5.60 Å². The number of rotatable bonds is 8. The first kappa shape index (κ1) is 24.9. The first-order valence-corrected chi connectivity index (χ1v) is 11.2. The highest BCUT2D eigenvalue weighted by Crippen LogP contribution is 2.10. The molecule has 0 unspecified atom stereocenters. The molecule has 3 N–H and O–H groups in total. The van der Waals surface area contributed by atoms with Crippen molar-refractivity contribution in [2.45, 2.75) is 46.4 Å². The number of likely N-dealkylation sites (N-methyl/N-ethyl adjacent to an activating group) is 1. The fourth-order valence-electron chi connectivity index (χ4n) is 3.35. The minimum Gasteiger partial charge on any atom is -0.444 e. The van der Waals surface area contributed by atoms with Gasteiger partial charge in [-0.05, 0) is 38.4 Å². The molecule has 1 heterocycles. The van der Waals surface area contributed by atoms with E-state index >= 15 is 0 Å². The minimum atomic E-state index is -0.491. The highest BCUT2D eigenvalue weighted by Gasteiger charge is 2.16. The summed E-state index contributed by atoms with van der Waals surface area (Å²) >= 11 is 0. The summed E-state index contributed by atoms with van der Waals surface area (Å²) in [7, 11) is 1.73. The molecule has 174 valence electrons. The second-order valence-electron chi connectivity index (χ2n) is 8.81. The number of carbonyl (C=O) groups excluding carboxylic acids is 1. The molecule has 1 aliphatic rings. The first-order chi connectivity index (χ1) is 14.8. The summed E-state index contributed by atoms with van der Waals surface area (Å²) in [5.74, 6) is 0.698. The predicted molar refractivity (Wildman–Crippen MR) is 126 cm³/mol. The number of aliphatic imine (C=N–C) groups is 1. The molecule has 2 rings (SSSR count). The van der Waals surface area contributed by atoms with E-state index in [1.807, 2.05) is 20.8 Å². The second kappa shape index (κ2) is 12.5. The lowest BCUT2D eigenvalue weighted by Crippen LogP contribution is -2.45. The summed E-state index contributed by atoms with van der Waals surface area (Å²) in [4.78, 5) is 20.9. The zero-order valence-electron chi connectivity index (χ0n) is 19.8. The fourth-order valence-corrected chi connectivity index (χ4v) is 3.35. The smallest absolute Gasteiger partial charge is 0.407 e. The molecule has 1 saturated heterocycles. The third-order valence-corrected chi connectivity index (χ3v) is 5.11. The molecule has 0 atom stereocenters. The van der Waals surface area contributed by atoms with Gasteiger partial charge in [0.25, 0.3) is 0 Å². The number of hydrogen-bond acceptors (Lipinski definition) is 5. The highest BCUT2D eigenvalue weighted by atomic mass is 16.6. The lowest BCUT2D eigenvalue weighted by atomic mass is 10.1. The van der Waals surface area contributed by atoms with Crippen molar-refractivity contribution >= 4 is 12.1 Å². The van der Waals surface area contributed by atoms with Crippen LogP contribution in [0.2, 0.25) is 0 Å². The summed E-state index contributed by atoms with van der Waals surface area (Å²) < 4.78 is 5.21. The predicted octanol–water partition coefficient (Wildman–Crippen LogP) is 2.01. The topological polar surface area (TPSA) is 81.2 Å². The number of guanidine groups is 1. The maximum Gasteiger partial charge on any atom is 0.407 e. The standard InChI is InChI=1S/C23H40N6O2/c1-6-28-13-15-29(16-14-28)18-20-9-7-19(8-10-20)17-27-21(24-5)25-11-12-26-22(30)31-23(2,3)4/h7-10H,6,11-18H2,1-5H3,(H,26,30)(H2,24,25,27). The molecule has 8 nitrogen and oxygen atoms in total. The minimum absolute atomic E-state index is 0.412. The van der Waals surface area contributed by atoms with Gasteiger partial charge in [0, 0.05) is 59.4 Å². The molecule has 8 heteroatoms. The SMILES string of the molecule is CCN1CCN(Cc2ccc(CNC(=NC)NCCNC(=O)OC(C)(C)C)cc2)CC1. The van der Waals surface area contributed by atoms with Gasteiger partial charge in [0.05, 0.1) is 0 Å². The van der Waals surface area contributed by atoms with Crippen molar-refractivity contribution in [1.82, 2.24) is 25.8 Å². The van der Waals surface area contributed by atoms with E-state index in [1.165, 1.54) is 11.1 Å². The van der Waals surface area contributed by atoms with Gasteiger partial charge in [-0.3, -0.25) is 9.89 Å². The number of amides is 1. The molecule has 0 aliphatic carbocycles. The highest BCUT2D eigenvalue weighted by molar-refractivity contribution is 5.79. The summed E-state index contributed by atoms with van der Waals surface area (Å²) in [6, 6.07) is 8.76.